The molecule has 0 bridgehead atoms. The van der Waals surface area contributed by atoms with Gasteiger partial charge < -0.3 is 9.73 Å². The molecule has 0 fully saturated rings. The van der Waals surface area contributed by atoms with E-state index in [-0.39, 0.29) is 0 Å². The first-order valence-electron chi connectivity index (χ1n) is 5.97. The fourth-order valence-electron chi connectivity index (χ4n) is 2.27. The van der Waals surface area contributed by atoms with Gasteiger partial charge >= 0.3 is 0 Å². The molecule has 5 heteroatoms. The summed E-state index contributed by atoms with van der Waals surface area (Å²) in [6.45, 7) is 1.68. The van der Waals surface area contributed by atoms with Crippen LogP contribution >= 0.6 is 43.2 Å². The van der Waals surface area contributed by atoms with Crippen molar-refractivity contribution in [3.05, 3.63) is 42.4 Å². The topological polar surface area (TPSA) is 25.2 Å². The summed E-state index contributed by atoms with van der Waals surface area (Å²) >= 11 is 8.71. The molecule has 0 spiro atoms. The first-order valence-corrected chi connectivity index (χ1v) is 8.37. The van der Waals surface area contributed by atoms with Crippen LogP contribution in [-0.2, 0) is 25.9 Å². The lowest BCUT2D eigenvalue weighted by Gasteiger charge is -2.00. The van der Waals surface area contributed by atoms with Gasteiger partial charge in [0.1, 0.15) is 5.76 Å². The van der Waals surface area contributed by atoms with E-state index in [1.165, 1.54) is 24.1 Å². The van der Waals surface area contributed by atoms with Crippen LogP contribution in [0.4, 0.5) is 0 Å². The molecule has 2 nitrogen and oxygen atoms in total. The van der Waals surface area contributed by atoms with Gasteiger partial charge in [-0.1, -0.05) is 0 Å². The van der Waals surface area contributed by atoms with Gasteiger partial charge in [0.15, 0.2) is 4.67 Å². The number of rotatable bonds is 4. The molecule has 1 N–H and O–H groups in total. The molecule has 0 unspecified atom stereocenters. The van der Waals surface area contributed by atoms with E-state index in [0.29, 0.717) is 0 Å². The van der Waals surface area contributed by atoms with E-state index in [1.807, 2.05) is 17.4 Å². The number of furan rings is 1. The molecule has 96 valence electrons. The highest BCUT2D eigenvalue weighted by Gasteiger charge is 2.14. The zero-order chi connectivity index (χ0) is 12.5. The Morgan fingerprint density at radius 2 is 2.11 bits per heavy atom. The maximum Gasteiger partial charge on any atom is 0.183 e. The Hall–Kier alpha value is -0.100. The van der Waals surface area contributed by atoms with Crippen molar-refractivity contribution in [1.82, 2.24) is 5.32 Å². The van der Waals surface area contributed by atoms with Crippen molar-refractivity contribution in [2.45, 2.75) is 32.4 Å². The molecule has 0 atom stereocenters. The number of hydrogen-bond acceptors (Lipinski definition) is 3. The van der Waals surface area contributed by atoms with Crippen molar-refractivity contribution in [3.8, 4) is 0 Å². The van der Waals surface area contributed by atoms with Crippen LogP contribution in [-0.4, -0.2) is 0 Å². The second kappa shape index (κ2) is 5.49. The number of hydrogen-bond donors (Lipinski definition) is 1. The highest BCUT2D eigenvalue weighted by Crippen LogP contribution is 2.30. The van der Waals surface area contributed by atoms with Crippen molar-refractivity contribution in [2.75, 3.05) is 0 Å². The Morgan fingerprint density at radius 3 is 2.83 bits per heavy atom. The lowest BCUT2D eigenvalue weighted by atomic mass is 10.2. The molecule has 0 aliphatic heterocycles. The first-order chi connectivity index (χ1) is 8.72. The summed E-state index contributed by atoms with van der Waals surface area (Å²) in [5, 5.41) is 3.42. The van der Waals surface area contributed by atoms with E-state index in [9.17, 15) is 0 Å². The van der Waals surface area contributed by atoms with Crippen LogP contribution < -0.4 is 5.32 Å². The van der Waals surface area contributed by atoms with Gasteiger partial charge in [-0.2, -0.15) is 0 Å². The average Bonchev–Trinajstić information content (AvgIpc) is 2.95. The van der Waals surface area contributed by atoms with Gasteiger partial charge in [0.2, 0.25) is 0 Å². The normalized spacial score (nSPS) is 14.1. The summed E-state index contributed by atoms with van der Waals surface area (Å²) in [5.41, 5.74) is 1.57. The molecule has 0 aromatic carbocycles. The van der Waals surface area contributed by atoms with Gasteiger partial charge in [-0.25, -0.2) is 0 Å². The molecular weight excluding hydrogens is 378 g/mol. The Labute approximate surface area is 127 Å². The Kier molecular flexibility index (Phi) is 3.94. The van der Waals surface area contributed by atoms with E-state index >= 15 is 0 Å². The second-order valence-corrected chi connectivity index (χ2v) is 7.25. The van der Waals surface area contributed by atoms with Gasteiger partial charge in [0.05, 0.1) is 11.0 Å². The highest BCUT2D eigenvalue weighted by atomic mass is 79.9. The third kappa shape index (κ3) is 2.74. The van der Waals surface area contributed by atoms with Gasteiger partial charge in [-0.05, 0) is 68.8 Å². The minimum atomic E-state index is 0.757. The van der Waals surface area contributed by atoms with E-state index in [4.69, 9.17) is 4.42 Å². The van der Waals surface area contributed by atoms with Crippen LogP contribution in [0.25, 0.3) is 0 Å². The third-order valence-electron chi connectivity index (χ3n) is 3.09. The number of nitrogens with one attached hydrogen (secondary N) is 1. The number of aryl methyl sites for hydroxylation is 2. The quantitative estimate of drug-likeness (QED) is 0.822. The fourth-order valence-corrected chi connectivity index (χ4v) is 4.15. The lowest BCUT2D eigenvalue weighted by Crippen LogP contribution is -2.11. The molecule has 3 rings (SSSR count). The second-order valence-electron chi connectivity index (χ2n) is 4.45. The Bertz CT molecular complexity index is 520. The molecule has 2 aromatic heterocycles. The summed E-state index contributed by atoms with van der Waals surface area (Å²) < 4.78 is 7.25. The van der Waals surface area contributed by atoms with Crippen LogP contribution in [0.2, 0.25) is 0 Å². The Balaban J connectivity index is 1.55. The van der Waals surface area contributed by atoms with Crippen molar-refractivity contribution in [3.63, 3.8) is 0 Å². The third-order valence-corrected chi connectivity index (χ3v) is 6.04. The van der Waals surface area contributed by atoms with Crippen molar-refractivity contribution in [2.24, 2.45) is 0 Å². The van der Waals surface area contributed by atoms with Gasteiger partial charge in [-0.15, -0.1) is 11.3 Å². The summed E-state index contributed by atoms with van der Waals surface area (Å²) in [6, 6.07) is 4.35. The maximum absolute atomic E-state index is 5.52. The standard InChI is InChI=1S/C13H13Br2NOS/c14-11-5-9(17-13(11)15)6-16-7-10-4-8-2-1-3-12(8)18-10/h4-5,16H,1-3,6-7H2. The molecule has 1 aliphatic carbocycles. The molecule has 0 saturated heterocycles. The van der Waals surface area contributed by atoms with Crippen LogP contribution in [0.3, 0.4) is 0 Å². The molecule has 2 aromatic rings. The molecular formula is C13H13Br2NOS. The molecule has 1 aliphatic rings. The van der Waals surface area contributed by atoms with Gasteiger partial charge in [-0.3, -0.25) is 0 Å². The largest absolute Gasteiger partial charge is 0.452 e. The first kappa shape index (κ1) is 12.9. The van der Waals surface area contributed by atoms with Crippen LogP contribution in [0, 0.1) is 0 Å². The fraction of sp³-hybridized carbons (Fsp3) is 0.385. The van der Waals surface area contributed by atoms with Gasteiger partial charge in [0, 0.05) is 16.3 Å². The molecule has 0 amide bonds. The van der Waals surface area contributed by atoms with Gasteiger partial charge in [0.25, 0.3) is 0 Å². The smallest absolute Gasteiger partial charge is 0.183 e. The number of fused-ring (bicyclic) bond motifs is 1. The molecule has 0 saturated carbocycles. The highest BCUT2D eigenvalue weighted by molar-refractivity contribution is 9.13. The number of thiophene rings is 1. The zero-order valence-electron chi connectivity index (χ0n) is 9.76. The van der Waals surface area contributed by atoms with E-state index in [0.717, 1.165) is 28.0 Å². The van der Waals surface area contributed by atoms with Crippen LogP contribution in [0.5, 0.6) is 0 Å². The summed E-state index contributed by atoms with van der Waals surface area (Å²) in [4.78, 5) is 3.03. The molecule has 0 radical (unpaired) electrons. The summed E-state index contributed by atoms with van der Waals surface area (Å²) in [5.74, 6) is 0.942. The van der Waals surface area contributed by atoms with E-state index < -0.39 is 0 Å². The van der Waals surface area contributed by atoms with E-state index in [2.05, 4.69) is 43.2 Å². The summed E-state index contributed by atoms with van der Waals surface area (Å²) in [7, 11) is 0. The minimum Gasteiger partial charge on any atom is -0.452 e. The van der Waals surface area contributed by atoms with E-state index in [1.54, 1.807) is 10.4 Å². The lowest BCUT2D eigenvalue weighted by molar-refractivity contribution is 0.465. The predicted octanol–water partition coefficient (Wildman–Crippen LogP) is 4.64. The Morgan fingerprint density at radius 1 is 1.22 bits per heavy atom. The minimum absolute atomic E-state index is 0.757. The molecule has 2 heterocycles. The monoisotopic (exact) mass is 389 g/mol. The summed E-state index contributed by atoms with van der Waals surface area (Å²) in [6.07, 6.45) is 3.88. The number of halogens is 2. The van der Waals surface area contributed by atoms with Crippen molar-refractivity contribution in [1.29, 1.82) is 0 Å². The average molecular weight is 391 g/mol. The van der Waals surface area contributed by atoms with Crippen molar-refractivity contribution < 1.29 is 4.42 Å². The van der Waals surface area contributed by atoms with Crippen LogP contribution in [0.1, 0.15) is 27.5 Å². The predicted molar refractivity (Wildman–Crippen MR) is 81.0 cm³/mol. The van der Waals surface area contributed by atoms with Crippen molar-refractivity contribution >= 4 is 43.2 Å². The molecule has 18 heavy (non-hydrogen) atoms. The SMILES string of the molecule is Brc1cc(CNCc2cc3c(s2)CCC3)oc1Br. The maximum atomic E-state index is 5.52. The zero-order valence-corrected chi connectivity index (χ0v) is 13.8. The van der Waals surface area contributed by atoms with Crippen LogP contribution in [0.15, 0.2) is 25.7 Å².